The Morgan fingerprint density at radius 3 is 2.58 bits per heavy atom. The summed E-state index contributed by atoms with van der Waals surface area (Å²) in [6, 6.07) is 12.4. The van der Waals surface area contributed by atoms with Crippen molar-refractivity contribution in [1.29, 1.82) is 0 Å². The van der Waals surface area contributed by atoms with Crippen LogP contribution in [0.5, 0.6) is 5.75 Å². The number of nitrogens with zero attached hydrogens (tertiary/aromatic N) is 4. The van der Waals surface area contributed by atoms with Crippen molar-refractivity contribution >= 4 is 47.1 Å². The number of nitrogens with one attached hydrogen (secondary N) is 1. The van der Waals surface area contributed by atoms with Crippen LogP contribution in [0.2, 0.25) is 0 Å². The summed E-state index contributed by atoms with van der Waals surface area (Å²) in [4.78, 5) is 4.31. The number of imidazole rings is 1. The lowest BCUT2D eigenvalue weighted by Gasteiger charge is -2.13. The predicted molar refractivity (Wildman–Crippen MR) is 132 cm³/mol. The molecule has 0 spiro atoms. The molecular weight excluding hydrogens is 433 g/mol. The van der Waals surface area contributed by atoms with Crippen LogP contribution in [0.4, 0.5) is 11.4 Å². The number of methoxy groups -OCH3 is 1. The number of ether oxygens (including phenoxy) is 1. The lowest BCUT2D eigenvalue weighted by Crippen LogP contribution is -2.01. The maximum Gasteiger partial charge on any atom is 0.144 e. The molecular formula is C23H29Cl2N5O. The molecule has 0 aliphatic carbocycles. The van der Waals surface area contributed by atoms with E-state index in [1.165, 1.54) is 11.1 Å². The number of rotatable bonds is 7. The van der Waals surface area contributed by atoms with Gasteiger partial charge in [0.25, 0.3) is 0 Å². The molecule has 6 nitrogen and oxygen atoms in total. The summed E-state index contributed by atoms with van der Waals surface area (Å²) in [5.74, 6) is 0.782. The third-order valence-corrected chi connectivity index (χ3v) is 5.21. The van der Waals surface area contributed by atoms with E-state index in [2.05, 4.69) is 47.0 Å². The molecule has 0 bridgehead atoms. The minimum absolute atomic E-state index is 0. The molecule has 0 saturated carbocycles. The number of benzene rings is 2. The number of hydrogen-bond acceptors (Lipinski definition) is 4. The average Bonchev–Trinajstić information content (AvgIpc) is 3.30. The molecule has 2 aromatic carbocycles. The van der Waals surface area contributed by atoms with E-state index in [-0.39, 0.29) is 24.8 Å². The fourth-order valence-electron chi connectivity index (χ4n) is 3.58. The van der Waals surface area contributed by atoms with Gasteiger partial charge >= 0.3 is 0 Å². The number of anilines is 2. The summed E-state index contributed by atoms with van der Waals surface area (Å²) in [5.41, 5.74) is 6.08. The molecule has 0 amide bonds. The minimum Gasteiger partial charge on any atom is -0.494 e. The predicted octanol–water partition coefficient (Wildman–Crippen LogP) is 6.23. The van der Waals surface area contributed by atoms with E-state index in [4.69, 9.17) is 9.84 Å². The van der Waals surface area contributed by atoms with Crippen LogP contribution in [0, 0.1) is 13.8 Å². The second kappa shape index (κ2) is 10.6. The molecule has 0 aliphatic rings. The fourth-order valence-corrected chi connectivity index (χ4v) is 3.58. The summed E-state index contributed by atoms with van der Waals surface area (Å²) in [6.45, 7) is 7.26. The number of aromatic nitrogens is 4. The topological polar surface area (TPSA) is 56.9 Å². The molecule has 166 valence electrons. The molecule has 1 N–H and O–H groups in total. The standard InChI is InChI=1S/C23H27N5O.2ClH/c1-5-6-12-28-17(3)19-8-7-9-20(23(19)26-28)25-18-10-11-21(22(13-18)29-4)27-14-16(2)24-15-27;;/h7-11,13-15,25H,5-6,12H2,1-4H3;2*1H. The Kier molecular flexibility index (Phi) is 8.36. The van der Waals surface area contributed by atoms with Crippen molar-refractivity contribution in [2.45, 2.75) is 40.2 Å². The highest BCUT2D eigenvalue weighted by molar-refractivity contribution is 5.94. The van der Waals surface area contributed by atoms with Crippen LogP contribution in [-0.2, 0) is 6.54 Å². The molecule has 0 atom stereocenters. The summed E-state index contributed by atoms with van der Waals surface area (Å²) in [7, 11) is 1.69. The van der Waals surface area contributed by atoms with Gasteiger partial charge in [0.15, 0.2) is 0 Å². The third-order valence-electron chi connectivity index (χ3n) is 5.21. The highest BCUT2D eigenvalue weighted by Crippen LogP contribution is 2.31. The zero-order chi connectivity index (χ0) is 20.4. The van der Waals surface area contributed by atoms with E-state index in [0.29, 0.717) is 0 Å². The normalized spacial score (nSPS) is 10.5. The first-order chi connectivity index (χ1) is 14.1. The van der Waals surface area contributed by atoms with E-state index < -0.39 is 0 Å². The number of aryl methyl sites for hydroxylation is 3. The first kappa shape index (κ1) is 24.6. The van der Waals surface area contributed by atoms with Crippen molar-refractivity contribution in [3.8, 4) is 11.4 Å². The first-order valence-corrected chi connectivity index (χ1v) is 10.0. The SMILES string of the molecule is CCCCn1nc2c(Nc3ccc(-n4cnc(C)c4)c(OC)c3)cccc2c1C.Cl.Cl. The van der Waals surface area contributed by atoms with Crippen molar-refractivity contribution in [3.63, 3.8) is 0 Å². The van der Waals surface area contributed by atoms with Crippen molar-refractivity contribution in [2.75, 3.05) is 12.4 Å². The van der Waals surface area contributed by atoms with Crippen molar-refractivity contribution in [2.24, 2.45) is 0 Å². The number of halogens is 2. The Morgan fingerprint density at radius 1 is 1.10 bits per heavy atom. The second-order valence-corrected chi connectivity index (χ2v) is 7.30. The Hall–Kier alpha value is -2.70. The maximum atomic E-state index is 5.63. The van der Waals surface area contributed by atoms with Crippen molar-refractivity contribution in [1.82, 2.24) is 19.3 Å². The fraction of sp³-hybridized carbons (Fsp3) is 0.304. The Morgan fingerprint density at radius 2 is 1.90 bits per heavy atom. The van der Waals surface area contributed by atoms with Gasteiger partial charge in [0, 0.05) is 35.6 Å². The van der Waals surface area contributed by atoms with Crippen LogP contribution < -0.4 is 10.1 Å². The summed E-state index contributed by atoms with van der Waals surface area (Å²) in [6.07, 6.45) is 6.07. The van der Waals surface area contributed by atoms with Gasteiger partial charge < -0.3 is 14.6 Å². The molecule has 0 saturated heterocycles. The molecule has 0 radical (unpaired) electrons. The Balaban J connectivity index is 0.00000171. The third kappa shape index (κ3) is 4.97. The van der Waals surface area contributed by atoms with Crippen molar-refractivity contribution < 1.29 is 4.74 Å². The van der Waals surface area contributed by atoms with Gasteiger partial charge in [-0.2, -0.15) is 5.10 Å². The molecule has 4 aromatic rings. The summed E-state index contributed by atoms with van der Waals surface area (Å²) in [5, 5.41) is 9.57. The zero-order valence-electron chi connectivity index (χ0n) is 18.3. The Labute approximate surface area is 195 Å². The van der Waals surface area contributed by atoms with Gasteiger partial charge in [-0.1, -0.05) is 25.5 Å². The highest BCUT2D eigenvalue weighted by atomic mass is 35.5. The van der Waals surface area contributed by atoms with Crippen LogP contribution in [0.25, 0.3) is 16.6 Å². The van der Waals surface area contributed by atoms with Crippen LogP contribution in [0.1, 0.15) is 31.2 Å². The van der Waals surface area contributed by atoms with E-state index in [1.54, 1.807) is 13.4 Å². The van der Waals surface area contributed by atoms with Gasteiger partial charge in [0.2, 0.25) is 0 Å². The maximum absolute atomic E-state index is 5.63. The highest BCUT2D eigenvalue weighted by Gasteiger charge is 2.12. The van der Waals surface area contributed by atoms with Crippen molar-refractivity contribution in [3.05, 3.63) is 60.3 Å². The quantitative estimate of drug-likeness (QED) is 0.354. The zero-order valence-corrected chi connectivity index (χ0v) is 19.9. The number of fused-ring (bicyclic) bond motifs is 1. The molecule has 2 aromatic heterocycles. The molecule has 0 unspecified atom stereocenters. The van der Waals surface area contributed by atoms with Gasteiger partial charge in [-0.05, 0) is 38.5 Å². The van der Waals surface area contributed by atoms with E-state index in [9.17, 15) is 0 Å². The molecule has 8 heteroatoms. The average molecular weight is 462 g/mol. The van der Waals surface area contributed by atoms with E-state index in [0.717, 1.165) is 53.4 Å². The van der Waals surface area contributed by atoms with E-state index >= 15 is 0 Å². The first-order valence-electron chi connectivity index (χ1n) is 10.0. The lowest BCUT2D eigenvalue weighted by molar-refractivity contribution is 0.413. The molecule has 0 aliphatic heterocycles. The molecule has 31 heavy (non-hydrogen) atoms. The largest absolute Gasteiger partial charge is 0.494 e. The van der Waals surface area contributed by atoms with Crippen LogP contribution in [0.3, 0.4) is 0 Å². The molecule has 2 heterocycles. The van der Waals surface area contributed by atoms with Gasteiger partial charge in [0.05, 0.1) is 30.5 Å². The van der Waals surface area contributed by atoms with Gasteiger partial charge in [-0.15, -0.1) is 24.8 Å². The summed E-state index contributed by atoms with van der Waals surface area (Å²) >= 11 is 0. The molecule has 0 fully saturated rings. The monoisotopic (exact) mass is 461 g/mol. The lowest BCUT2D eigenvalue weighted by atomic mass is 10.1. The minimum atomic E-state index is 0. The van der Waals surface area contributed by atoms with Crippen LogP contribution in [-0.4, -0.2) is 26.4 Å². The smallest absolute Gasteiger partial charge is 0.144 e. The van der Waals surface area contributed by atoms with Crippen LogP contribution in [0.15, 0.2) is 48.9 Å². The number of hydrogen-bond donors (Lipinski definition) is 1. The van der Waals surface area contributed by atoms with Gasteiger partial charge in [-0.3, -0.25) is 4.68 Å². The van der Waals surface area contributed by atoms with Crippen LogP contribution >= 0.6 is 24.8 Å². The Bertz CT molecular complexity index is 1150. The summed E-state index contributed by atoms with van der Waals surface area (Å²) < 4.78 is 9.72. The second-order valence-electron chi connectivity index (χ2n) is 7.30. The van der Waals surface area contributed by atoms with E-state index in [1.807, 2.05) is 35.9 Å². The molecule has 4 rings (SSSR count). The van der Waals surface area contributed by atoms with Gasteiger partial charge in [-0.25, -0.2) is 4.98 Å². The van der Waals surface area contributed by atoms with Gasteiger partial charge in [0.1, 0.15) is 11.3 Å². The number of unbranched alkanes of at least 4 members (excludes halogenated alkanes) is 1.